The lowest BCUT2D eigenvalue weighted by atomic mass is 9.95. The Morgan fingerprint density at radius 2 is 1.59 bits per heavy atom. The number of carbonyl (C=O) groups excluding carboxylic acids is 2. The zero-order valence-electron chi connectivity index (χ0n) is 18.8. The maximum atomic E-state index is 12.7. The molecule has 1 heterocycles. The van der Waals surface area contributed by atoms with Crippen LogP contribution in [0.4, 0.5) is 11.4 Å². The van der Waals surface area contributed by atoms with Crippen molar-refractivity contribution in [2.45, 2.75) is 32.6 Å². The fourth-order valence-electron chi connectivity index (χ4n) is 4.28. The quantitative estimate of drug-likeness (QED) is 0.562. The van der Waals surface area contributed by atoms with Crippen LogP contribution in [0.2, 0.25) is 0 Å². The normalized spacial score (nSPS) is 15.1. The summed E-state index contributed by atoms with van der Waals surface area (Å²) in [7, 11) is 0. The Morgan fingerprint density at radius 3 is 2.31 bits per heavy atom. The Balaban J connectivity index is 1.26. The van der Waals surface area contributed by atoms with Crippen molar-refractivity contribution in [1.82, 2.24) is 4.90 Å². The van der Waals surface area contributed by atoms with Gasteiger partial charge in [-0.15, -0.1) is 0 Å². The third-order valence-corrected chi connectivity index (χ3v) is 6.23. The zero-order valence-corrected chi connectivity index (χ0v) is 18.8. The second-order valence-corrected chi connectivity index (χ2v) is 8.89. The molecule has 166 valence electrons. The van der Waals surface area contributed by atoms with Crippen LogP contribution in [-0.4, -0.2) is 36.3 Å². The molecule has 0 radical (unpaired) electrons. The Hall–Kier alpha value is -3.18. The Kier molecular flexibility index (Phi) is 6.86. The van der Waals surface area contributed by atoms with E-state index in [2.05, 4.69) is 41.5 Å². The Labute approximate surface area is 189 Å². The molecule has 0 bridgehead atoms. The van der Waals surface area contributed by atoms with Crippen LogP contribution in [0.15, 0.2) is 66.7 Å². The molecule has 2 N–H and O–H groups in total. The molecule has 1 aliphatic rings. The Bertz CT molecular complexity index is 1080. The molecule has 0 saturated carbocycles. The fourth-order valence-corrected chi connectivity index (χ4v) is 4.28. The summed E-state index contributed by atoms with van der Waals surface area (Å²) < 4.78 is 0. The van der Waals surface area contributed by atoms with E-state index < -0.39 is 0 Å². The molecule has 0 unspecified atom stereocenters. The number of amides is 2. The van der Waals surface area contributed by atoms with Crippen LogP contribution in [0.3, 0.4) is 0 Å². The monoisotopic (exact) mass is 429 g/mol. The van der Waals surface area contributed by atoms with Crippen molar-refractivity contribution in [3.8, 4) is 0 Å². The number of benzene rings is 3. The summed E-state index contributed by atoms with van der Waals surface area (Å²) in [4.78, 5) is 27.4. The number of nitrogens with zero attached hydrogens (tertiary/aromatic N) is 1. The predicted octanol–water partition coefficient (Wildman–Crippen LogP) is 5.25. The van der Waals surface area contributed by atoms with Gasteiger partial charge in [0.2, 0.25) is 11.8 Å². The lowest BCUT2D eigenvalue weighted by Gasteiger charge is -2.30. The average Bonchev–Trinajstić information content (AvgIpc) is 2.80. The number of piperidine rings is 1. The molecule has 4 rings (SSSR count). The van der Waals surface area contributed by atoms with Crippen molar-refractivity contribution >= 4 is 34.0 Å². The molecule has 5 nitrogen and oxygen atoms in total. The van der Waals surface area contributed by atoms with Crippen LogP contribution in [-0.2, 0) is 9.59 Å². The van der Waals surface area contributed by atoms with Crippen LogP contribution in [0, 0.1) is 5.92 Å². The SMILES string of the molecule is CC(C)c1ccc(NC(=O)C2CCN(CC(=O)Nc3cccc4ccccc34)CC2)cc1. The van der Waals surface area contributed by atoms with Crippen LogP contribution in [0.5, 0.6) is 0 Å². The van der Waals surface area contributed by atoms with Gasteiger partial charge in [0.15, 0.2) is 0 Å². The molecule has 32 heavy (non-hydrogen) atoms. The summed E-state index contributed by atoms with van der Waals surface area (Å²) in [6.45, 7) is 6.14. The lowest BCUT2D eigenvalue weighted by molar-refractivity contribution is -0.121. The highest BCUT2D eigenvalue weighted by Crippen LogP contribution is 2.24. The van der Waals surface area contributed by atoms with Gasteiger partial charge in [-0.2, -0.15) is 0 Å². The van der Waals surface area contributed by atoms with Crippen molar-refractivity contribution in [2.24, 2.45) is 5.92 Å². The number of hydrogen-bond acceptors (Lipinski definition) is 3. The number of fused-ring (bicyclic) bond motifs is 1. The minimum atomic E-state index is -0.0190. The fraction of sp³-hybridized carbons (Fsp3) is 0.333. The summed E-state index contributed by atoms with van der Waals surface area (Å²) in [5.74, 6) is 0.510. The van der Waals surface area contributed by atoms with Gasteiger partial charge in [0, 0.05) is 22.7 Å². The molecule has 1 aliphatic heterocycles. The van der Waals surface area contributed by atoms with E-state index in [1.54, 1.807) is 0 Å². The van der Waals surface area contributed by atoms with Gasteiger partial charge in [-0.25, -0.2) is 0 Å². The number of likely N-dealkylation sites (tertiary alicyclic amines) is 1. The van der Waals surface area contributed by atoms with Crippen LogP contribution < -0.4 is 10.6 Å². The highest BCUT2D eigenvalue weighted by molar-refractivity contribution is 6.02. The minimum Gasteiger partial charge on any atom is -0.326 e. The molecule has 0 spiro atoms. The van der Waals surface area contributed by atoms with E-state index in [0.29, 0.717) is 12.5 Å². The van der Waals surface area contributed by atoms with Crippen molar-refractivity contribution < 1.29 is 9.59 Å². The van der Waals surface area contributed by atoms with Crippen molar-refractivity contribution in [3.63, 3.8) is 0 Å². The van der Waals surface area contributed by atoms with E-state index >= 15 is 0 Å². The molecular weight excluding hydrogens is 398 g/mol. The maximum absolute atomic E-state index is 12.7. The van der Waals surface area contributed by atoms with Gasteiger partial charge in [-0.3, -0.25) is 14.5 Å². The molecule has 3 aromatic carbocycles. The highest BCUT2D eigenvalue weighted by Gasteiger charge is 2.26. The van der Waals surface area contributed by atoms with E-state index in [-0.39, 0.29) is 17.7 Å². The second-order valence-electron chi connectivity index (χ2n) is 8.89. The molecule has 3 aromatic rings. The van der Waals surface area contributed by atoms with Crippen LogP contribution in [0.1, 0.15) is 38.2 Å². The van der Waals surface area contributed by atoms with Gasteiger partial charge < -0.3 is 10.6 Å². The standard InChI is InChI=1S/C27H31N3O2/c1-19(2)20-10-12-23(13-11-20)28-27(32)22-14-16-30(17-15-22)18-26(31)29-25-9-5-7-21-6-3-4-8-24(21)25/h3-13,19,22H,14-18H2,1-2H3,(H,28,32)(H,29,31). The molecule has 5 heteroatoms. The summed E-state index contributed by atoms with van der Waals surface area (Å²) in [5.41, 5.74) is 2.94. The smallest absolute Gasteiger partial charge is 0.238 e. The molecule has 2 amide bonds. The van der Waals surface area contributed by atoms with Crippen LogP contribution >= 0.6 is 0 Å². The summed E-state index contributed by atoms with van der Waals surface area (Å²) in [6, 6.07) is 22.0. The first-order chi connectivity index (χ1) is 15.5. The average molecular weight is 430 g/mol. The molecule has 0 atom stereocenters. The largest absolute Gasteiger partial charge is 0.326 e. The van der Waals surface area contributed by atoms with Gasteiger partial charge in [0.1, 0.15) is 0 Å². The lowest BCUT2D eigenvalue weighted by Crippen LogP contribution is -2.41. The first-order valence-electron chi connectivity index (χ1n) is 11.4. The van der Waals surface area contributed by atoms with E-state index in [9.17, 15) is 9.59 Å². The summed E-state index contributed by atoms with van der Waals surface area (Å²) in [6.07, 6.45) is 1.52. The maximum Gasteiger partial charge on any atom is 0.238 e. The van der Waals surface area contributed by atoms with Crippen molar-refractivity contribution in [2.75, 3.05) is 30.3 Å². The summed E-state index contributed by atoms with van der Waals surface area (Å²) >= 11 is 0. The van der Waals surface area contributed by atoms with Gasteiger partial charge in [0.25, 0.3) is 0 Å². The Morgan fingerprint density at radius 1 is 0.906 bits per heavy atom. The minimum absolute atomic E-state index is 0.0165. The number of anilines is 2. The molecule has 1 fully saturated rings. The number of carbonyl (C=O) groups is 2. The molecule has 0 aliphatic carbocycles. The predicted molar refractivity (Wildman–Crippen MR) is 131 cm³/mol. The van der Waals surface area contributed by atoms with Gasteiger partial charge >= 0.3 is 0 Å². The van der Waals surface area contributed by atoms with E-state index in [1.807, 2.05) is 54.6 Å². The van der Waals surface area contributed by atoms with E-state index in [0.717, 1.165) is 48.1 Å². The molecule has 1 saturated heterocycles. The van der Waals surface area contributed by atoms with Crippen molar-refractivity contribution in [1.29, 1.82) is 0 Å². The molecule has 0 aromatic heterocycles. The third-order valence-electron chi connectivity index (χ3n) is 6.23. The van der Waals surface area contributed by atoms with E-state index in [1.165, 1.54) is 5.56 Å². The number of nitrogens with one attached hydrogen (secondary N) is 2. The second kappa shape index (κ2) is 9.96. The van der Waals surface area contributed by atoms with Gasteiger partial charge in [0.05, 0.1) is 6.54 Å². The third kappa shape index (κ3) is 5.35. The number of hydrogen-bond donors (Lipinski definition) is 2. The first-order valence-corrected chi connectivity index (χ1v) is 11.4. The topological polar surface area (TPSA) is 61.4 Å². The summed E-state index contributed by atoms with van der Waals surface area (Å²) in [5, 5.41) is 8.25. The highest BCUT2D eigenvalue weighted by atomic mass is 16.2. The van der Waals surface area contributed by atoms with Crippen LogP contribution in [0.25, 0.3) is 10.8 Å². The first kappa shape index (κ1) is 22.0. The zero-order chi connectivity index (χ0) is 22.5. The van der Waals surface area contributed by atoms with E-state index in [4.69, 9.17) is 0 Å². The van der Waals surface area contributed by atoms with Gasteiger partial charge in [-0.1, -0.05) is 62.4 Å². The van der Waals surface area contributed by atoms with Crippen molar-refractivity contribution in [3.05, 3.63) is 72.3 Å². The van der Waals surface area contributed by atoms with Gasteiger partial charge in [-0.05, 0) is 61.0 Å². The number of rotatable bonds is 6. The molecular formula is C27H31N3O2.